The largest absolute Gasteiger partial charge is 0.457 e. The first-order valence-electron chi connectivity index (χ1n) is 6.58. The Bertz CT molecular complexity index is 853. The van der Waals surface area contributed by atoms with E-state index < -0.39 is 15.8 Å². The van der Waals surface area contributed by atoms with Crippen molar-refractivity contribution in [1.82, 2.24) is 4.98 Å². The maximum absolute atomic E-state index is 12.0. The summed E-state index contributed by atoms with van der Waals surface area (Å²) < 4.78 is 28.1. The minimum Gasteiger partial charge on any atom is -0.457 e. The highest BCUT2D eigenvalue weighted by atomic mass is 32.2. The maximum atomic E-state index is 12.0. The average molecular weight is 315 g/mol. The SMILES string of the molecule is CS(=O)(=O)c1ccc(C2=C(c3cccnc3)C(=O)OC2)cc1. The van der Waals surface area contributed by atoms with Crippen molar-refractivity contribution in [2.75, 3.05) is 12.9 Å². The van der Waals surface area contributed by atoms with Gasteiger partial charge in [-0.2, -0.15) is 0 Å². The number of carbonyl (C=O) groups is 1. The van der Waals surface area contributed by atoms with Crippen LogP contribution in [0.1, 0.15) is 11.1 Å². The third kappa shape index (κ3) is 2.65. The molecule has 0 atom stereocenters. The van der Waals surface area contributed by atoms with Gasteiger partial charge in [-0.15, -0.1) is 0 Å². The van der Waals surface area contributed by atoms with Crippen molar-refractivity contribution in [1.29, 1.82) is 0 Å². The van der Waals surface area contributed by atoms with Crippen LogP contribution in [0.2, 0.25) is 0 Å². The first-order chi connectivity index (χ1) is 10.5. The number of esters is 1. The van der Waals surface area contributed by atoms with Crippen LogP contribution in [-0.4, -0.2) is 32.2 Å². The Labute approximate surface area is 128 Å². The molecule has 2 aromatic rings. The Balaban J connectivity index is 2.09. The topological polar surface area (TPSA) is 73.3 Å². The molecule has 0 aliphatic carbocycles. The zero-order valence-corrected chi connectivity index (χ0v) is 12.6. The predicted molar refractivity (Wildman–Crippen MR) is 81.6 cm³/mol. The summed E-state index contributed by atoms with van der Waals surface area (Å²) in [5, 5.41) is 0. The fourth-order valence-corrected chi connectivity index (χ4v) is 2.97. The van der Waals surface area contributed by atoms with E-state index >= 15 is 0 Å². The zero-order chi connectivity index (χ0) is 15.7. The second kappa shape index (κ2) is 5.38. The Morgan fingerprint density at radius 3 is 2.41 bits per heavy atom. The minimum absolute atomic E-state index is 0.168. The monoisotopic (exact) mass is 315 g/mol. The number of cyclic esters (lactones) is 1. The van der Waals surface area contributed by atoms with Crippen molar-refractivity contribution < 1.29 is 17.9 Å². The molecule has 0 spiro atoms. The summed E-state index contributed by atoms with van der Waals surface area (Å²) in [6.45, 7) is 0.168. The van der Waals surface area contributed by atoms with Gasteiger partial charge in [-0.1, -0.05) is 18.2 Å². The second-order valence-electron chi connectivity index (χ2n) is 4.97. The van der Waals surface area contributed by atoms with Gasteiger partial charge in [-0.3, -0.25) is 4.98 Å². The Morgan fingerprint density at radius 1 is 1.09 bits per heavy atom. The number of hydrogen-bond acceptors (Lipinski definition) is 5. The highest BCUT2D eigenvalue weighted by molar-refractivity contribution is 7.90. The number of sulfone groups is 1. The lowest BCUT2D eigenvalue weighted by atomic mass is 9.98. The van der Waals surface area contributed by atoms with E-state index in [2.05, 4.69) is 4.98 Å². The van der Waals surface area contributed by atoms with Gasteiger partial charge >= 0.3 is 5.97 Å². The summed E-state index contributed by atoms with van der Waals surface area (Å²) >= 11 is 0. The number of pyridine rings is 1. The molecule has 0 saturated carbocycles. The number of hydrogen-bond donors (Lipinski definition) is 0. The molecule has 1 aromatic carbocycles. The van der Waals surface area contributed by atoms with E-state index in [0.29, 0.717) is 11.1 Å². The van der Waals surface area contributed by atoms with Crippen molar-refractivity contribution >= 4 is 27.0 Å². The van der Waals surface area contributed by atoms with E-state index in [1.165, 1.54) is 12.1 Å². The normalized spacial score (nSPS) is 15.0. The van der Waals surface area contributed by atoms with E-state index in [9.17, 15) is 13.2 Å². The highest BCUT2D eigenvalue weighted by Crippen LogP contribution is 2.32. The molecule has 5 nitrogen and oxygen atoms in total. The molecule has 1 aromatic heterocycles. The molecular weight excluding hydrogens is 302 g/mol. The second-order valence-corrected chi connectivity index (χ2v) is 6.98. The van der Waals surface area contributed by atoms with Gasteiger partial charge in [-0.05, 0) is 23.8 Å². The quantitative estimate of drug-likeness (QED) is 0.810. The fraction of sp³-hybridized carbons (Fsp3) is 0.125. The van der Waals surface area contributed by atoms with E-state index in [0.717, 1.165) is 17.4 Å². The van der Waals surface area contributed by atoms with E-state index in [4.69, 9.17) is 4.74 Å². The van der Waals surface area contributed by atoms with Crippen molar-refractivity contribution in [2.45, 2.75) is 4.90 Å². The molecule has 0 unspecified atom stereocenters. The summed E-state index contributed by atoms with van der Waals surface area (Å²) in [7, 11) is -3.24. The fourth-order valence-electron chi connectivity index (χ4n) is 2.34. The molecule has 0 fully saturated rings. The molecule has 0 saturated heterocycles. The molecule has 1 aliphatic rings. The third-order valence-electron chi connectivity index (χ3n) is 3.43. The molecule has 6 heteroatoms. The van der Waals surface area contributed by atoms with E-state index in [-0.39, 0.29) is 11.5 Å². The van der Waals surface area contributed by atoms with Gasteiger partial charge in [0.25, 0.3) is 0 Å². The van der Waals surface area contributed by atoms with Crippen LogP contribution in [0.5, 0.6) is 0 Å². The van der Waals surface area contributed by atoms with Gasteiger partial charge in [0.1, 0.15) is 6.61 Å². The molecule has 0 N–H and O–H groups in total. The van der Waals surface area contributed by atoms with Gasteiger partial charge in [0.05, 0.1) is 10.5 Å². The first-order valence-corrected chi connectivity index (χ1v) is 8.47. The summed E-state index contributed by atoms with van der Waals surface area (Å²) in [6, 6.07) is 9.97. The molecule has 1 aliphatic heterocycles. The van der Waals surface area contributed by atoms with Crippen LogP contribution in [0.25, 0.3) is 11.1 Å². The molecule has 22 heavy (non-hydrogen) atoms. The Morgan fingerprint density at radius 2 is 1.82 bits per heavy atom. The molecule has 0 radical (unpaired) electrons. The lowest BCUT2D eigenvalue weighted by Crippen LogP contribution is -1.99. The molecular formula is C16H13NO4S. The summed E-state index contributed by atoms with van der Waals surface area (Å²) in [5.74, 6) is -0.393. The predicted octanol–water partition coefficient (Wildman–Crippen LogP) is 1.95. The van der Waals surface area contributed by atoms with Crippen LogP contribution in [-0.2, 0) is 19.4 Å². The van der Waals surface area contributed by atoms with Crippen LogP contribution >= 0.6 is 0 Å². The van der Waals surface area contributed by atoms with Crippen LogP contribution < -0.4 is 0 Å². The summed E-state index contributed by atoms with van der Waals surface area (Å²) in [5.41, 5.74) is 2.66. The highest BCUT2D eigenvalue weighted by Gasteiger charge is 2.27. The molecule has 0 amide bonds. The van der Waals surface area contributed by atoms with E-state index in [1.807, 2.05) is 0 Å². The molecule has 0 bridgehead atoms. The van der Waals surface area contributed by atoms with Gasteiger partial charge in [0.15, 0.2) is 9.84 Å². The van der Waals surface area contributed by atoms with Crippen LogP contribution in [0.3, 0.4) is 0 Å². The van der Waals surface area contributed by atoms with Gasteiger partial charge in [0.2, 0.25) is 0 Å². The van der Waals surface area contributed by atoms with Gasteiger partial charge in [-0.25, -0.2) is 13.2 Å². The molecule has 3 rings (SSSR count). The zero-order valence-electron chi connectivity index (χ0n) is 11.8. The lowest BCUT2D eigenvalue weighted by Gasteiger charge is -2.05. The standard InChI is InChI=1S/C16H13NO4S/c1-22(19,20)13-6-4-11(5-7-13)14-10-21-16(18)15(14)12-3-2-8-17-9-12/h2-9H,10H2,1H3. The maximum Gasteiger partial charge on any atom is 0.339 e. The Hall–Kier alpha value is -2.47. The van der Waals surface area contributed by atoms with Crippen molar-refractivity contribution in [2.24, 2.45) is 0 Å². The molecule has 112 valence electrons. The summed E-state index contributed by atoms with van der Waals surface area (Å²) in [4.78, 5) is 16.2. The number of nitrogens with zero attached hydrogens (tertiary/aromatic N) is 1. The van der Waals surface area contributed by atoms with Crippen molar-refractivity contribution in [3.63, 3.8) is 0 Å². The van der Waals surface area contributed by atoms with Crippen LogP contribution in [0, 0.1) is 0 Å². The van der Waals surface area contributed by atoms with Crippen molar-refractivity contribution in [3.05, 3.63) is 59.9 Å². The minimum atomic E-state index is -3.24. The molecule has 2 heterocycles. The van der Waals surface area contributed by atoms with Crippen LogP contribution in [0.15, 0.2) is 53.7 Å². The van der Waals surface area contributed by atoms with E-state index in [1.54, 1.807) is 36.7 Å². The van der Waals surface area contributed by atoms with Gasteiger partial charge in [0, 0.05) is 29.8 Å². The third-order valence-corrected chi connectivity index (χ3v) is 4.56. The Kier molecular flexibility index (Phi) is 3.54. The van der Waals surface area contributed by atoms with Crippen LogP contribution in [0.4, 0.5) is 0 Å². The smallest absolute Gasteiger partial charge is 0.339 e. The number of ether oxygens (including phenoxy) is 1. The summed E-state index contributed by atoms with van der Waals surface area (Å²) in [6.07, 6.45) is 4.39. The first kappa shape index (κ1) is 14.5. The van der Waals surface area contributed by atoms with Crippen molar-refractivity contribution in [3.8, 4) is 0 Å². The average Bonchev–Trinajstić information content (AvgIpc) is 2.89. The number of aromatic nitrogens is 1. The lowest BCUT2D eigenvalue weighted by molar-refractivity contribution is -0.133. The van der Waals surface area contributed by atoms with Gasteiger partial charge < -0.3 is 4.74 Å². The number of carbonyl (C=O) groups excluding carboxylic acids is 1. The number of benzene rings is 1. The number of rotatable bonds is 3.